The maximum atomic E-state index is 13.5. The molecule has 3 atom stereocenters. The van der Waals surface area contributed by atoms with Gasteiger partial charge in [-0.1, -0.05) is 125 Å². The number of aliphatic hydroxyl groups is 1. The molecule has 70 heavy (non-hydrogen) atoms. The number of carbonyl (C=O) groups excluding carboxylic acids is 2. The lowest BCUT2D eigenvalue weighted by atomic mass is 9.79. The maximum absolute atomic E-state index is 13.5. The number of nitrogens with two attached hydrogens (primary N) is 1. The number of Topliss-reactive ketones (excluding diaryl/α,β-unsaturated/α-hetero) is 2. The van der Waals surface area contributed by atoms with Crippen molar-refractivity contribution in [3.8, 4) is 0 Å². The van der Waals surface area contributed by atoms with Crippen LogP contribution in [0.4, 0.5) is 10.0 Å². The Labute approximate surface area is 424 Å². The van der Waals surface area contributed by atoms with Crippen LogP contribution >= 0.6 is 22.7 Å². The van der Waals surface area contributed by atoms with Gasteiger partial charge in [0.1, 0.15) is 11.4 Å². The molecule has 3 unspecified atom stereocenters. The van der Waals surface area contributed by atoms with Crippen molar-refractivity contribution >= 4 is 56.2 Å². The third kappa shape index (κ3) is 13.9. The number of ketones is 2. The molecule has 13 nitrogen and oxygen atoms in total. The fraction of sp³-hybridized carbons (Fsp3) is 0.527. The molecule has 378 valence electrons. The maximum Gasteiger partial charge on any atom is 0.210 e. The molecule has 3 aromatic heterocycles. The van der Waals surface area contributed by atoms with Crippen LogP contribution in [0.3, 0.4) is 0 Å². The Morgan fingerprint density at radius 1 is 0.714 bits per heavy atom. The van der Waals surface area contributed by atoms with Gasteiger partial charge in [0.15, 0.2) is 0 Å². The Bertz CT molecular complexity index is 2590. The highest BCUT2D eigenvalue weighted by molar-refractivity contribution is 7.17. The van der Waals surface area contributed by atoms with E-state index >= 15 is 0 Å². The van der Waals surface area contributed by atoms with Crippen LogP contribution in [0.2, 0.25) is 0 Å². The molecular weight excluding hydrogens is 917 g/mol. The molecule has 0 radical (unpaired) electrons. The van der Waals surface area contributed by atoms with E-state index in [2.05, 4.69) is 140 Å². The van der Waals surface area contributed by atoms with Crippen LogP contribution in [-0.4, -0.2) is 96.7 Å². The summed E-state index contributed by atoms with van der Waals surface area (Å²) >= 11 is 2.80. The van der Waals surface area contributed by atoms with Crippen LogP contribution in [0.15, 0.2) is 77.0 Å². The number of thiophene rings is 2. The topological polar surface area (TPSA) is 161 Å². The summed E-state index contributed by atoms with van der Waals surface area (Å²) in [4.78, 5) is 37.0. The summed E-state index contributed by atoms with van der Waals surface area (Å²) < 4.78 is 13.8. The van der Waals surface area contributed by atoms with Crippen LogP contribution in [0.25, 0.3) is 0 Å². The van der Waals surface area contributed by atoms with Crippen molar-refractivity contribution in [3.63, 3.8) is 0 Å². The monoisotopic (exact) mass is 993 g/mol. The van der Waals surface area contributed by atoms with Crippen molar-refractivity contribution in [3.05, 3.63) is 116 Å². The Morgan fingerprint density at radius 2 is 1.17 bits per heavy atom. The van der Waals surface area contributed by atoms with Gasteiger partial charge in [0.2, 0.25) is 11.6 Å². The number of hydrazone groups is 1. The molecule has 0 spiro atoms. The zero-order valence-corrected chi connectivity index (χ0v) is 45.6. The van der Waals surface area contributed by atoms with Crippen molar-refractivity contribution in [2.45, 2.75) is 142 Å². The Balaban J connectivity index is 0.955. The summed E-state index contributed by atoms with van der Waals surface area (Å²) in [5.74, 6) is 2.73. The molecule has 1 saturated carbocycles. The van der Waals surface area contributed by atoms with E-state index in [0.717, 1.165) is 21.3 Å². The fourth-order valence-electron chi connectivity index (χ4n) is 8.14. The van der Waals surface area contributed by atoms with E-state index in [9.17, 15) is 14.7 Å². The average molecular weight is 993 g/mol. The number of aliphatic hydroxyl groups excluding tert-OH is 1. The van der Waals surface area contributed by atoms with E-state index in [0.29, 0.717) is 61.5 Å². The standard InChI is InChI=1S/C55H76N8O5S2/c1-52(2,3)37-23-35(24-38(27-37)53(4,5)6)29-57-30-41(58-56)33-67-21-19-61(13)45-17-15-43(69-45)47-49(64)48(51(66)50(47)65)44-16-18-46(70-44)62(14)20-22-68-34-42-32-63(60-59-42)31-36-25-39(54(7,8)9)28-40(26-36)55(10,11)12/h15-18,23-28,30,32,47-49,64H,19-22,29,31,33-34,56H2,1-14H3. The van der Waals surface area contributed by atoms with Gasteiger partial charge in [0.25, 0.3) is 0 Å². The molecule has 0 saturated heterocycles. The van der Waals surface area contributed by atoms with Gasteiger partial charge < -0.3 is 30.2 Å². The predicted octanol–water partition coefficient (Wildman–Crippen LogP) is 9.71. The van der Waals surface area contributed by atoms with E-state index in [1.54, 1.807) is 6.21 Å². The molecule has 5 aromatic rings. The normalized spacial score (nSPS) is 17.4. The molecule has 6 rings (SSSR count). The van der Waals surface area contributed by atoms with Gasteiger partial charge in [-0.15, -0.1) is 27.8 Å². The first-order valence-corrected chi connectivity index (χ1v) is 25.8. The zero-order chi connectivity index (χ0) is 51.3. The Kier molecular flexibility index (Phi) is 17.2. The summed E-state index contributed by atoms with van der Waals surface area (Å²) in [5, 5.41) is 26.0. The lowest BCUT2D eigenvalue weighted by molar-refractivity contribution is -0.135. The number of benzene rings is 2. The van der Waals surface area contributed by atoms with Crippen molar-refractivity contribution in [2.75, 3.05) is 56.8 Å². The minimum Gasteiger partial charge on any atom is -0.391 e. The molecular formula is C55H76N8O5S2. The molecule has 1 aliphatic carbocycles. The quantitative estimate of drug-likeness (QED) is 0.0268. The first kappa shape index (κ1) is 54.3. The van der Waals surface area contributed by atoms with E-state index in [4.69, 9.17) is 15.3 Å². The highest BCUT2D eigenvalue weighted by Gasteiger charge is 2.51. The zero-order valence-electron chi connectivity index (χ0n) is 43.9. The van der Waals surface area contributed by atoms with E-state index in [1.165, 1.54) is 50.5 Å². The molecule has 15 heteroatoms. The van der Waals surface area contributed by atoms with Crippen LogP contribution in [-0.2, 0) is 60.4 Å². The van der Waals surface area contributed by atoms with Gasteiger partial charge in [-0.3, -0.25) is 14.6 Å². The number of hydrogen-bond donors (Lipinski definition) is 2. The summed E-state index contributed by atoms with van der Waals surface area (Å²) in [5.41, 5.74) is 8.87. The van der Waals surface area contributed by atoms with Crippen molar-refractivity contribution < 1.29 is 24.2 Å². The number of nitrogens with zero attached hydrogens (tertiary/aromatic N) is 7. The molecule has 0 amide bonds. The number of ether oxygens (including phenoxy) is 2. The molecule has 1 aliphatic rings. The van der Waals surface area contributed by atoms with E-state index in [-0.39, 0.29) is 28.3 Å². The molecule has 3 N–H and O–H groups in total. The second kappa shape index (κ2) is 22.1. The lowest BCUT2D eigenvalue weighted by Crippen LogP contribution is -2.23. The average Bonchev–Trinajstić information content (AvgIpc) is 4.10. The van der Waals surface area contributed by atoms with Gasteiger partial charge in [0.05, 0.1) is 73.7 Å². The molecule has 2 aromatic carbocycles. The van der Waals surface area contributed by atoms with Gasteiger partial charge in [-0.2, -0.15) is 5.10 Å². The lowest BCUT2D eigenvalue weighted by Gasteiger charge is -2.26. The third-order valence-corrected chi connectivity index (χ3v) is 15.3. The van der Waals surface area contributed by atoms with Crippen molar-refractivity contribution in [1.82, 2.24) is 15.0 Å². The third-order valence-electron chi connectivity index (χ3n) is 12.8. The number of anilines is 2. The number of hydrogen-bond acceptors (Lipinski definition) is 14. The van der Waals surface area contributed by atoms with Crippen LogP contribution in [0, 0.1) is 0 Å². The number of aliphatic imine (C=N–C) groups is 1. The summed E-state index contributed by atoms with van der Waals surface area (Å²) in [7, 11) is 3.89. The second-order valence-electron chi connectivity index (χ2n) is 22.8. The first-order chi connectivity index (χ1) is 32.7. The smallest absolute Gasteiger partial charge is 0.210 e. The van der Waals surface area contributed by atoms with Crippen molar-refractivity contribution in [2.24, 2.45) is 15.9 Å². The predicted molar refractivity (Wildman–Crippen MR) is 288 cm³/mol. The van der Waals surface area contributed by atoms with Gasteiger partial charge >= 0.3 is 0 Å². The molecule has 0 bridgehead atoms. The minimum atomic E-state index is -1.17. The van der Waals surface area contributed by atoms with Gasteiger partial charge in [-0.25, -0.2) is 4.68 Å². The second-order valence-corrected chi connectivity index (χ2v) is 25.0. The summed E-state index contributed by atoms with van der Waals surface area (Å²) in [6.07, 6.45) is 2.44. The highest BCUT2D eigenvalue weighted by Crippen LogP contribution is 2.45. The number of rotatable bonds is 19. The van der Waals surface area contributed by atoms with Gasteiger partial charge in [-0.05, 0) is 79.3 Å². The van der Waals surface area contributed by atoms with Crippen LogP contribution < -0.4 is 15.6 Å². The highest BCUT2D eigenvalue weighted by atomic mass is 32.1. The summed E-state index contributed by atoms with van der Waals surface area (Å²) in [6, 6.07) is 21.1. The minimum absolute atomic E-state index is 0.0188. The molecule has 0 aliphatic heterocycles. The first-order valence-electron chi connectivity index (χ1n) is 24.2. The van der Waals surface area contributed by atoms with E-state index < -0.39 is 29.5 Å². The largest absolute Gasteiger partial charge is 0.391 e. The number of carbonyl (C=O) groups is 2. The van der Waals surface area contributed by atoms with Crippen LogP contribution in [0.5, 0.6) is 0 Å². The van der Waals surface area contributed by atoms with E-state index in [1.807, 2.05) is 59.0 Å². The number of aromatic nitrogens is 3. The molecule has 3 heterocycles. The Morgan fingerprint density at radius 3 is 1.63 bits per heavy atom. The van der Waals surface area contributed by atoms with Gasteiger partial charge in [0, 0.05) is 43.2 Å². The number of likely N-dealkylation sites (N-methyl/N-ethyl adjacent to an activating group) is 2. The van der Waals surface area contributed by atoms with Crippen molar-refractivity contribution in [1.29, 1.82) is 0 Å². The fourth-order valence-corrected chi connectivity index (χ4v) is 10.4. The Hall–Kier alpha value is -5.06. The summed E-state index contributed by atoms with van der Waals surface area (Å²) in [6.45, 7) is 30.4. The SMILES string of the molecule is CN(CCOCC(C=NCc1cc(C(C)(C)C)cc(C(C)(C)C)c1)=NN)c1ccc(C2C(=O)C(=O)C(c3ccc(N(C)CCOCc4cn(Cc5cc(C(C)(C)C)cc(C(C)(C)C)c5)nn4)s3)C2O)s1. The molecule has 1 fully saturated rings. The van der Waals surface area contributed by atoms with Crippen LogP contribution in [0.1, 0.15) is 144 Å².